The van der Waals surface area contributed by atoms with Gasteiger partial charge in [-0.1, -0.05) is 0 Å². The number of hydrogen-bond donors (Lipinski definition) is 2. The van der Waals surface area contributed by atoms with Gasteiger partial charge in [0, 0.05) is 5.39 Å². The van der Waals surface area contributed by atoms with E-state index < -0.39 is 5.91 Å². The minimum Gasteiger partial charge on any atom is -0.461 e. The summed E-state index contributed by atoms with van der Waals surface area (Å²) in [4.78, 5) is 15.9. The largest absolute Gasteiger partial charge is 0.461 e. The molecule has 0 saturated heterocycles. The number of nitrogens with two attached hydrogens (primary N) is 1. The van der Waals surface area contributed by atoms with E-state index in [1.807, 2.05) is 25.1 Å². The van der Waals surface area contributed by atoms with Crippen molar-refractivity contribution in [2.75, 3.05) is 0 Å². The van der Waals surface area contributed by atoms with Gasteiger partial charge in [-0.2, -0.15) is 0 Å². The van der Waals surface area contributed by atoms with Crippen LogP contribution in [0.5, 0.6) is 0 Å². The van der Waals surface area contributed by atoms with Crippen molar-refractivity contribution in [3.63, 3.8) is 0 Å². The molecule has 0 aliphatic carbocycles. The number of amides is 1. The second-order valence-electron chi connectivity index (χ2n) is 4.51. The van der Waals surface area contributed by atoms with Gasteiger partial charge in [-0.3, -0.25) is 10.1 Å². The third-order valence-corrected chi connectivity index (χ3v) is 2.86. The lowest BCUT2D eigenvalue weighted by atomic mass is 10.2. The number of fused-ring (bicyclic) bond motifs is 1. The predicted octanol–water partition coefficient (Wildman–Crippen LogP) is 2.71. The van der Waals surface area contributed by atoms with Crippen LogP contribution in [-0.4, -0.2) is 11.9 Å². The minimum absolute atomic E-state index is 0.00373. The summed E-state index contributed by atoms with van der Waals surface area (Å²) in [7, 11) is 0. The van der Waals surface area contributed by atoms with Crippen LogP contribution < -0.4 is 11.1 Å². The number of furan rings is 2. The molecule has 0 unspecified atom stereocenters. The molecule has 106 valence electrons. The van der Waals surface area contributed by atoms with Gasteiger partial charge in [-0.05, 0) is 43.3 Å². The number of guanidine groups is 1. The third-order valence-electron chi connectivity index (χ3n) is 2.86. The fourth-order valence-electron chi connectivity index (χ4n) is 1.99. The number of rotatable bonds is 2. The Bertz CT molecular complexity index is 816. The third kappa shape index (κ3) is 2.79. The average Bonchev–Trinajstić information content (AvgIpc) is 3.05. The number of nitrogens with one attached hydrogen (secondary N) is 1. The zero-order chi connectivity index (χ0) is 14.8. The van der Waals surface area contributed by atoms with Crippen molar-refractivity contribution in [1.29, 1.82) is 0 Å². The zero-order valence-corrected chi connectivity index (χ0v) is 11.3. The summed E-state index contributed by atoms with van der Waals surface area (Å²) in [5.74, 6) is 0.553. The van der Waals surface area contributed by atoms with Crippen LogP contribution in [0.4, 0.5) is 5.69 Å². The Hall–Kier alpha value is -3.02. The quantitative estimate of drug-likeness (QED) is 0.558. The molecular weight excluding hydrogens is 270 g/mol. The van der Waals surface area contributed by atoms with Crippen LogP contribution in [0.25, 0.3) is 11.0 Å². The Kier molecular flexibility index (Phi) is 3.19. The molecule has 3 aromatic rings. The Morgan fingerprint density at radius 2 is 2.14 bits per heavy atom. The summed E-state index contributed by atoms with van der Waals surface area (Å²) >= 11 is 0. The number of carbonyl (C=O) groups is 1. The maximum Gasteiger partial charge on any atom is 0.293 e. The van der Waals surface area contributed by atoms with Gasteiger partial charge in [0.05, 0.1) is 12.0 Å². The van der Waals surface area contributed by atoms with Crippen molar-refractivity contribution in [3.05, 3.63) is 54.2 Å². The van der Waals surface area contributed by atoms with Gasteiger partial charge in [-0.15, -0.1) is 0 Å². The molecule has 0 saturated carbocycles. The Morgan fingerprint density at radius 3 is 2.90 bits per heavy atom. The molecule has 1 aromatic carbocycles. The van der Waals surface area contributed by atoms with Crippen molar-refractivity contribution in [1.82, 2.24) is 5.32 Å². The van der Waals surface area contributed by atoms with E-state index in [4.69, 9.17) is 14.6 Å². The smallest absolute Gasteiger partial charge is 0.293 e. The number of benzene rings is 1. The maximum atomic E-state index is 11.7. The van der Waals surface area contributed by atoms with Crippen LogP contribution in [0.1, 0.15) is 16.3 Å². The van der Waals surface area contributed by atoms with Crippen LogP contribution in [0.2, 0.25) is 0 Å². The van der Waals surface area contributed by atoms with E-state index in [0.717, 1.165) is 16.7 Å². The van der Waals surface area contributed by atoms with E-state index in [9.17, 15) is 4.79 Å². The lowest BCUT2D eigenvalue weighted by molar-refractivity contribution is 0.0949. The van der Waals surface area contributed by atoms with Gasteiger partial charge >= 0.3 is 0 Å². The van der Waals surface area contributed by atoms with Gasteiger partial charge in [0.2, 0.25) is 5.96 Å². The molecule has 0 atom stereocenters. The highest BCUT2D eigenvalue weighted by molar-refractivity contribution is 6.04. The van der Waals surface area contributed by atoms with E-state index >= 15 is 0 Å². The standard InChI is InChI=1S/C15H13N3O3/c1-9-7-10-8-11(4-5-12(10)21-9)17-15(16)18-14(19)13-3-2-6-20-13/h2-8H,1H3,(H3,16,17,18,19). The Labute approximate surface area is 120 Å². The molecule has 1 amide bonds. The summed E-state index contributed by atoms with van der Waals surface area (Å²) in [5, 5.41) is 3.39. The monoisotopic (exact) mass is 283 g/mol. The van der Waals surface area contributed by atoms with E-state index in [0.29, 0.717) is 5.69 Å². The highest BCUT2D eigenvalue weighted by atomic mass is 16.3. The van der Waals surface area contributed by atoms with E-state index in [-0.39, 0.29) is 11.7 Å². The summed E-state index contributed by atoms with van der Waals surface area (Å²) in [6.07, 6.45) is 1.41. The fourth-order valence-corrected chi connectivity index (χ4v) is 1.99. The Morgan fingerprint density at radius 1 is 1.29 bits per heavy atom. The molecule has 0 fully saturated rings. The van der Waals surface area contributed by atoms with Crippen LogP contribution in [0, 0.1) is 6.92 Å². The number of aliphatic imine (C=N–C) groups is 1. The van der Waals surface area contributed by atoms with Gasteiger partial charge < -0.3 is 14.6 Å². The van der Waals surface area contributed by atoms with E-state index in [1.54, 1.807) is 18.2 Å². The fraction of sp³-hybridized carbons (Fsp3) is 0.0667. The summed E-state index contributed by atoms with van der Waals surface area (Å²) < 4.78 is 10.5. The van der Waals surface area contributed by atoms with Crippen LogP contribution in [0.15, 0.2) is 56.5 Å². The molecule has 3 rings (SSSR count). The van der Waals surface area contributed by atoms with Crippen LogP contribution >= 0.6 is 0 Å². The summed E-state index contributed by atoms with van der Waals surface area (Å²) in [6, 6.07) is 10.5. The van der Waals surface area contributed by atoms with E-state index in [2.05, 4.69) is 10.3 Å². The first kappa shape index (κ1) is 13.0. The van der Waals surface area contributed by atoms with Gasteiger partial charge in [-0.25, -0.2) is 4.99 Å². The molecule has 0 spiro atoms. The van der Waals surface area contributed by atoms with Gasteiger partial charge in [0.25, 0.3) is 5.91 Å². The van der Waals surface area contributed by atoms with Gasteiger partial charge in [0.15, 0.2) is 5.76 Å². The molecule has 6 nitrogen and oxygen atoms in total. The van der Waals surface area contributed by atoms with Crippen molar-refractivity contribution < 1.29 is 13.6 Å². The van der Waals surface area contributed by atoms with Crippen molar-refractivity contribution in [3.8, 4) is 0 Å². The van der Waals surface area contributed by atoms with Crippen LogP contribution in [0.3, 0.4) is 0 Å². The molecule has 2 aromatic heterocycles. The average molecular weight is 283 g/mol. The van der Waals surface area contributed by atoms with Crippen molar-refractivity contribution in [2.24, 2.45) is 10.7 Å². The predicted molar refractivity (Wildman–Crippen MR) is 78.4 cm³/mol. The number of carbonyl (C=O) groups excluding carboxylic acids is 1. The number of hydrogen-bond acceptors (Lipinski definition) is 4. The highest BCUT2D eigenvalue weighted by Gasteiger charge is 2.09. The molecule has 0 bridgehead atoms. The molecule has 21 heavy (non-hydrogen) atoms. The Balaban J connectivity index is 1.80. The molecule has 2 heterocycles. The zero-order valence-electron chi connectivity index (χ0n) is 11.3. The first-order valence-electron chi connectivity index (χ1n) is 6.31. The normalized spacial score (nSPS) is 11.8. The second-order valence-corrected chi connectivity index (χ2v) is 4.51. The molecular formula is C15H13N3O3. The minimum atomic E-state index is -0.443. The molecule has 0 aliphatic rings. The van der Waals surface area contributed by atoms with Crippen molar-refractivity contribution >= 4 is 28.5 Å². The first-order chi connectivity index (χ1) is 10.1. The summed E-state index contributed by atoms with van der Waals surface area (Å²) in [5.41, 5.74) is 7.12. The topological polar surface area (TPSA) is 93.8 Å². The van der Waals surface area contributed by atoms with E-state index in [1.165, 1.54) is 6.26 Å². The highest BCUT2D eigenvalue weighted by Crippen LogP contribution is 2.24. The molecule has 0 aliphatic heterocycles. The maximum absolute atomic E-state index is 11.7. The summed E-state index contributed by atoms with van der Waals surface area (Å²) in [6.45, 7) is 1.88. The number of aryl methyl sites for hydroxylation is 1. The van der Waals surface area contributed by atoms with Gasteiger partial charge in [0.1, 0.15) is 11.3 Å². The van der Waals surface area contributed by atoms with Crippen LogP contribution in [-0.2, 0) is 0 Å². The first-order valence-corrected chi connectivity index (χ1v) is 6.31. The molecule has 3 N–H and O–H groups in total. The lowest BCUT2D eigenvalue weighted by Gasteiger charge is -2.02. The number of nitrogens with zero attached hydrogens (tertiary/aromatic N) is 1. The second kappa shape index (κ2) is 5.16. The van der Waals surface area contributed by atoms with Crippen molar-refractivity contribution in [2.45, 2.75) is 6.92 Å². The lowest BCUT2D eigenvalue weighted by Crippen LogP contribution is -2.36. The SMILES string of the molecule is Cc1cc2cc(N=C(N)NC(=O)c3ccco3)ccc2o1. The molecule has 6 heteroatoms. The molecule has 0 radical (unpaired) electrons.